The van der Waals surface area contributed by atoms with E-state index in [2.05, 4.69) is 45.8 Å². The number of pyridine rings is 1. The summed E-state index contributed by atoms with van der Waals surface area (Å²) in [5.41, 5.74) is 0. The van der Waals surface area contributed by atoms with Gasteiger partial charge in [-0.25, -0.2) is 19.6 Å². The van der Waals surface area contributed by atoms with Gasteiger partial charge in [-0.1, -0.05) is 6.07 Å². The van der Waals surface area contributed by atoms with Gasteiger partial charge in [0.25, 0.3) is 0 Å². The summed E-state index contributed by atoms with van der Waals surface area (Å²) in [6.45, 7) is 6.15. The molecule has 2 aliphatic heterocycles. The van der Waals surface area contributed by atoms with Crippen molar-refractivity contribution in [3.05, 3.63) is 49.4 Å². The molecule has 0 unspecified atom stereocenters. The van der Waals surface area contributed by atoms with Crippen molar-refractivity contribution in [1.82, 2.24) is 34.6 Å². The molecule has 2 saturated heterocycles. The van der Waals surface area contributed by atoms with Gasteiger partial charge in [0.1, 0.15) is 24.3 Å². The summed E-state index contributed by atoms with van der Waals surface area (Å²) < 4.78 is 1.63. The molecule has 0 spiro atoms. The number of hydrogen-bond acceptors (Lipinski definition) is 8. The van der Waals surface area contributed by atoms with Crippen LogP contribution < -0.4 is 9.80 Å². The molecule has 138 valence electrons. The molecule has 2 aliphatic rings. The van der Waals surface area contributed by atoms with E-state index in [-0.39, 0.29) is 0 Å². The molecule has 27 heavy (non-hydrogen) atoms. The molecule has 3 aromatic rings. The van der Waals surface area contributed by atoms with E-state index >= 15 is 0 Å². The Morgan fingerprint density at radius 1 is 0.852 bits per heavy atom. The Morgan fingerprint density at radius 2 is 1.70 bits per heavy atom. The Hall–Kier alpha value is -3.07. The van der Waals surface area contributed by atoms with Crippen LogP contribution in [0.2, 0.25) is 0 Å². The molecule has 0 aliphatic carbocycles. The fourth-order valence-electron chi connectivity index (χ4n) is 3.67. The number of hydrogen-bond donors (Lipinski definition) is 0. The van der Waals surface area contributed by atoms with E-state index < -0.39 is 0 Å². The first-order valence-corrected chi connectivity index (χ1v) is 9.19. The highest BCUT2D eigenvalue weighted by Crippen LogP contribution is 2.23. The second kappa shape index (κ2) is 6.92. The van der Waals surface area contributed by atoms with Crippen LogP contribution in [0.4, 0.5) is 11.6 Å². The maximum atomic E-state index is 4.66. The van der Waals surface area contributed by atoms with E-state index in [0.717, 1.165) is 50.9 Å². The largest absolute Gasteiger partial charge is 0.354 e. The zero-order valence-corrected chi connectivity index (χ0v) is 15.0. The molecular weight excluding hydrogens is 342 g/mol. The van der Waals surface area contributed by atoms with E-state index in [1.54, 1.807) is 17.2 Å². The van der Waals surface area contributed by atoms with Gasteiger partial charge in [0.2, 0.25) is 0 Å². The molecule has 0 N–H and O–H groups in total. The van der Waals surface area contributed by atoms with Crippen LogP contribution in [0.5, 0.6) is 0 Å². The van der Waals surface area contributed by atoms with Gasteiger partial charge in [0.15, 0.2) is 5.82 Å². The van der Waals surface area contributed by atoms with Crippen LogP contribution >= 0.6 is 0 Å². The molecular formula is C18H21N9. The number of aromatic nitrogens is 6. The lowest BCUT2D eigenvalue weighted by Gasteiger charge is -2.48. The molecule has 0 radical (unpaired) electrons. The van der Waals surface area contributed by atoms with E-state index in [1.807, 2.05) is 24.5 Å². The molecule has 0 aromatic carbocycles. The van der Waals surface area contributed by atoms with Crippen LogP contribution in [0.3, 0.4) is 0 Å². The zero-order chi connectivity index (χ0) is 18.1. The Kier molecular flexibility index (Phi) is 4.13. The average Bonchev–Trinajstić information content (AvgIpc) is 3.23. The maximum absolute atomic E-state index is 4.66. The first-order valence-electron chi connectivity index (χ1n) is 9.19. The summed E-state index contributed by atoms with van der Waals surface area (Å²) in [4.78, 5) is 24.6. The number of piperazine rings is 1. The normalized spacial score (nSPS) is 18.5. The van der Waals surface area contributed by atoms with Gasteiger partial charge in [0, 0.05) is 51.5 Å². The lowest BCUT2D eigenvalue weighted by molar-refractivity contribution is 0.156. The highest BCUT2D eigenvalue weighted by Gasteiger charge is 2.34. The first-order chi connectivity index (χ1) is 13.4. The fourth-order valence-corrected chi connectivity index (χ4v) is 3.67. The van der Waals surface area contributed by atoms with E-state index in [1.165, 1.54) is 6.33 Å². The minimum Gasteiger partial charge on any atom is -0.354 e. The molecule has 5 heterocycles. The predicted octanol–water partition coefficient (Wildman–Crippen LogP) is 0.463. The second-order valence-electron chi connectivity index (χ2n) is 6.85. The van der Waals surface area contributed by atoms with Crippen molar-refractivity contribution in [3.8, 4) is 5.82 Å². The standard InChI is InChI=1S/C18H21N9/c1-2-4-21-16(3-1)25-7-5-24(6-8-25)15-11-26(12-15)17-9-19-10-18(23-17)27-14-20-13-22-27/h1-4,9-10,13-15H,5-8,11-12H2. The van der Waals surface area contributed by atoms with Gasteiger partial charge in [-0.3, -0.25) is 9.88 Å². The maximum Gasteiger partial charge on any atom is 0.175 e. The molecule has 0 atom stereocenters. The summed E-state index contributed by atoms with van der Waals surface area (Å²) in [5, 5.41) is 4.12. The first kappa shape index (κ1) is 16.1. The lowest BCUT2D eigenvalue weighted by atomic mass is 10.1. The lowest BCUT2D eigenvalue weighted by Crippen LogP contribution is -2.63. The molecule has 0 saturated carbocycles. The van der Waals surface area contributed by atoms with Crippen molar-refractivity contribution in [2.24, 2.45) is 0 Å². The van der Waals surface area contributed by atoms with Gasteiger partial charge in [0.05, 0.1) is 12.4 Å². The zero-order valence-electron chi connectivity index (χ0n) is 15.0. The minimum atomic E-state index is 0.577. The van der Waals surface area contributed by atoms with Crippen LogP contribution in [0.1, 0.15) is 0 Å². The van der Waals surface area contributed by atoms with Crippen molar-refractivity contribution in [1.29, 1.82) is 0 Å². The SMILES string of the molecule is c1ccc(N2CCN(C3CN(c4cncc(-n5cncn5)n4)C3)CC2)nc1. The number of rotatable bonds is 4. The second-order valence-corrected chi connectivity index (χ2v) is 6.85. The Labute approximate surface area is 157 Å². The molecule has 3 aromatic heterocycles. The molecule has 9 heteroatoms. The molecule has 0 amide bonds. The fraction of sp³-hybridized carbons (Fsp3) is 0.389. The highest BCUT2D eigenvalue weighted by molar-refractivity contribution is 5.43. The monoisotopic (exact) mass is 363 g/mol. The van der Waals surface area contributed by atoms with Gasteiger partial charge < -0.3 is 9.80 Å². The van der Waals surface area contributed by atoms with Crippen LogP contribution in [0.15, 0.2) is 49.4 Å². The summed E-state index contributed by atoms with van der Waals surface area (Å²) in [6.07, 6.45) is 8.51. The van der Waals surface area contributed by atoms with E-state index in [9.17, 15) is 0 Å². The predicted molar refractivity (Wildman–Crippen MR) is 101 cm³/mol. The number of anilines is 2. The third-order valence-electron chi connectivity index (χ3n) is 5.25. The van der Waals surface area contributed by atoms with Crippen molar-refractivity contribution in [2.45, 2.75) is 6.04 Å². The molecule has 0 bridgehead atoms. The Bertz CT molecular complexity index is 869. The number of nitrogens with zero attached hydrogens (tertiary/aromatic N) is 9. The van der Waals surface area contributed by atoms with Crippen LogP contribution in [0, 0.1) is 0 Å². The summed E-state index contributed by atoms with van der Waals surface area (Å²) in [6, 6.07) is 6.67. The van der Waals surface area contributed by atoms with Gasteiger partial charge in [-0.05, 0) is 12.1 Å². The quantitative estimate of drug-likeness (QED) is 0.662. The summed E-state index contributed by atoms with van der Waals surface area (Å²) >= 11 is 0. The third kappa shape index (κ3) is 3.21. The van der Waals surface area contributed by atoms with E-state index in [4.69, 9.17) is 0 Å². The van der Waals surface area contributed by atoms with Gasteiger partial charge in [-0.15, -0.1) is 0 Å². The highest BCUT2D eigenvalue weighted by atomic mass is 15.4. The molecule has 9 nitrogen and oxygen atoms in total. The molecule has 5 rings (SSSR count). The summed E-state index contributed by atoms with van der Waals surface area (Å²) in [5.74, 6) is 2.66. The van der Waals surface area contributed by atoms with Crippen molar-refractivity contribution in [2.75, 3.05) is 49.1 Å². The van der Waals surface area contributed by atoms with Crippen molar-refractivity contribution in [3.63, 3.8) is 0 Å². The molecule has 2 fully saturated rings. The Balaban J connectivity index is 1.17. The van der Waals surface area contributed by atoms with Crippen LogP contribution in [0.25, 0.3) is 5.82 Å². The van der Waals surface area contributed by atoms with Crippen LogP contribution in [-0.2, 0) is 0 Å². The van der Waals surface area contributed by atoms with Crippen molar-refractivity contribution >= 4 is 11.6 Å². The van der Waals surface area contributed by atoms with Gasteiger partial charge in [-0.2, -0.15) is 5.10 Å². The third-order valence-corrected chi connectivity index (χ3v) is 5.25. The van der Waals surface area contributed by atoms with Crippen LogP contribution in [-0.4, -0.2) is 79.9 Å². The van der Waals surface area contributed by atoms with E-state index in [0.29, 0.717) is 11.9 Å². The van der Waals surface area contributed by atoms with Gasteiger partial charge >= 0.3 is 0 Å². The summed E-state index contributed by atoms with van der Waals surface area (Å²) in [7, 11) is 0. The minimum absolute atomic E-state index is 0.577. The van der Waals surface area contributed by atoms with Crippen molar-refractivity contribution < 1.29 is 0 Å². The topological polar surface area (TPSA) is 79.1 Å². The average molecular weight is 363 g/mol. The smallest absolute Gasteiger partial charge is 0.175 e. The Morgan fingerprint density at radius 3 is 2.44 bits per heavy atom.